The number of benzene rings is 3. The number of fused-ring (bicyclic) bond motifs is 1. The molecule has 0 bridgehead atoms. The largest absolute Gasteiger partial charge is 0.493 e. The van der Waals surface area contributed by atoms with Gasteiger partial charge in [0.25, 0.3) is 0 Å². The predicted octanol–water partition coefficient (Wildman–Crippen LogP) is 5.80. The maximum absolute atomic E-state index is 15.0. The zero-order valence-corrected chi connectivity index (χ0v) is 25.0. The van der Waals surface area contributed by atoms with Gasteiger partial charge in [0.15, 0.2) is 11.5 Å². The number of hydrogen-bond donors (Lipinski definition) is 2. The maximum atomic E-state index is 15.0. The van der Waals surface area contributed by atoms with Gasteiger partial charge in [-0.25, -0.2) is 0 Å². The van der Waals surface area contributed by atoms with Crippen molar-refractivity contribution in [3.05, 3.63) is 94.7 Å². The normalized spacial score (nSPS) is 15.8. The Kier molecular flexibility index (Phi) is 9.09. The lowest BCUT2D eigenvalue weighted by Gasteiger charge is -2.39. The minimum absolute atomic E-state index is 0.166. The number of carboxylic acids is 1. The van der Waals surface area contributed by atoms with E-state index in [2.05, 4.69) is 6.07 Å². The predicted molar refractivity (Wildman–Crippen MR) is 161 cm³/mol. The van der Waals surface area contributed by atoms with E-state index in [4.69, 9.17) is 14.6 Å². The van der Waals surface area contributed by atoms with Gasteiger partial charge < -0.3 is 24.3 Å². The zero-order valence-electron chi connectivity index (χ0n) is 25.0. The molecular weight excluding hydrogens is 587 g/mol. The molecule has 2 heterocycles. The van der Waals surface area contributed by atoms with Crippen molar-refractivity contribution in [1.82, 2.24) is 9.47 Å². The van der Waals surface area contributed by atoms with Crippen LogP contribution in [-0.2, 0) is 23.4 Å². The number of carbonyl (C=O) groups is 1. The van der Waals surface area contributed by atoms with Gasteiger partial charge >= 0.3 is 12.1 Å². The lowest BCUT2D eigenvalue weighted by Crippen LogP contribution is -2.53. The molecule has 3 aromatic carbocycles. The van der Waals surface area contributed by atoms with Crippen LogP contribution in [0.5, 0.6) is 11.5 Å². The molecule has 1 fully saturated rings. The second-order valence-electron chi connectivity index (χ2n) is 11.4. The quantitative estimate of drug-likeness (QED) is 0.231. The number of β-amino-alcohol motifs (C(OH)–C–C–N with tert-alkyl or cyclic N) is 1. The van der Waals surface area contributed by atoms with Gasteiger partial charge in [0.2, 0.25) is 5.60 Å². The van der Waals surface area contributed by atoms with Crippen molar-refractivity contribution in [2.24, 2.45) is 0 Å². The van der Waals surface area contributed by atoms with Gasteiger partial charge in [-0.1, -0.05) is 42.5 Å². The lowest BCUT2D eigenvalue weighted by molar-refractivity contribution is -0.272. The van der Waals surface area contributed by atoms with E-state index in [1.54, 1.807) is 40.7 Å². The van der Waals surface area contributed by atoms with Crippen LogP contribution in [0.4, 0.5) is 13.2 Å². The molecule has 5 rings (SSSR count). The van der Waals surface area contributed by atoms with E-state index < -0.39 is 24.3 Å². The maximum Gasteiger partial charge on any atom is 0.422 e. The van der Waals surface area contributed by atoms with Crippen molar-refractivity contribution in [2.45, 2.75) is 50.6 Å². The van der Waals surface area contributed by atoms with Crippen LogP contribution < -0.4 is 9.47 Å². The van der Waals surface area contributed by atoms with Crippen LogP contribution in [0.2, 0.25) is 0 Å². The Morgan fingerprint density at radius 3 is 2.36 bits per heavy atom. The van der Waals surface area contributed by atoms with Gasteiger partial charge in [0.1, 0.15) is 6.10 Å². The van der Waals surface area contributed by atoms with Crippen LogP contribution in [0.25, 0.3) is 10.9 Å². The number of aliphatic hydroxyl groups is 1. The molecule has 1 unspecified atom stereocenters. The number of nitriles is 1. The number of ether oxygens (including phenoxy) is 2. The first-order valence-corrected chi connectivity index (χ1v) is 14.6. The van der Waals surface area contributed by atoms with Gasteiger partial charge in [0.05, 0.1) is 30.7 Å². The molecular formula is C34H34F3N3O5. The minimum Gasteiger partial charge on any atom is -0.493 e. The topological polar surface area (TPSA) is 108 Å². The summed E-state index contributed by atoms with van der Waals surface area (Å²) in [4.78, 5) is 12.7. The first-order valence-electron chi connectivity index (χ1n) is 14.6. The number of rotatable bonds is 10. The Morgan fingerprint density at radius 1 is 1.02 bits per heavy atom. The summed E-state index contributed by atoms with van der Waals surface area (Å²) in [6.07, 6.45) is -4.64. The molecule has 0 radical (unpaired) electrons. The van der Waals surface area contributed by atoms with Crippen molar-refractivity contribution in [3.8, 4) is 17.6 Å². The third-order valence-corrected chi connectivity index (χ3v) is 8.38. The third-order valence-electron chi connectivity index (χ3n) is 8.38. The summed E-state index contributed by atoms with van der Waals surface area (Å²) in [5.41, 5.74) is -0.928. The first-order chi connectivity index (χ1) is 21.4. The summed E-state index contributed by atoms with van der Waals surface area (Å²) in [6, 6.07) is 20.8. The van der Waals surface area contributed by atoms with Gasteiger partial charge in [-0.05, 0) is 55.2 Å². The van der Waals surface area contributed by atoms with E-state index >= 15 is 0 Å². The Labute approximate surface area is 258 Å². The van der Waals surface area contributed by atoms with Gasteiger partial charge in [-0.2, -0.15) is 18.4 Å². The Morgan fingerprint density at radius 2 is 1.73 bits per heavy atom. The van der Waals surface area contributed by atoms with Gasteiger partial charge in [-0.15, -0.1) is 0 Å². The molecule has 11 heteroatoms. The summed E-state index contributed by atoms with van der Waals surface area (Å²) in [6.45, 7) is 1.69. The van der Waals surface area contributed by atoms with Gasteiger partial charge in [0, 0.05) is 42.8 Å². The molecule has 0 saturated carbocycles. The summed E-state index contributed by atoms with van der Waals surface area (Å²) in [5, 5.41) is 30.5. The van der Waals surface area contributed by atoms with Crippen molar-refractivity contribution in [3.63, 3.8) is 0 Å². The van der Waals surface area contributed by atoms with E-state index in [0.717, 1.165) is 5.56 Å². The summed E-state index contributed by atoms with van der Waals surface area (Å²) >= 11 is 0. The number of nitrogens with zero attached hydrogens (tertiary/aromatic N) is 3. The molecule has 1 atom stereocenters. The molecule has 0 spiro atoms. The van der Waals surface area contributed by atoms with E-state index in [-0.39, 0.29) is 48.8 Å². The lowest BCUT2D eigenvalue weighted by atomic mass is 9.88. The van der Waals surface area contributed by atoms with Crippen LogP contribution >= 0.6 is 0 Å². The third kappa shape index (κ3) is 6.62. The van der Waals surface area contributed by atoms with Crippen LogP contribution in [0.15, 0.2) is 66.7 Å². The molecule has 1 aliphatic heterocycles. The van der Waals surface area contributed by atoms with E-state index in [9.17, 15) is 28.3 Å². The van der Waals surface area contributed by atoms with E-state index in [0.29, 0.717) is 41.0 Å². The molecule has 8 nitrogen and oxygen atoms in total. The highest BCUT2D eigenvalue weighted by Crippen LogP contribution is 2.46. The monoisotopic (exact) mass is 621 g/mol. The fourth-order valence-electron chi connectivity index (χ4n) is 6.13. The minimum atomic E-state index is -4.99. The Hall–Kier alpha value is -4.53. The molecule has 45 heavy (non-hydrogen) atoms. The van der Waals surface area contributed by atoms with E-state index in [1.165, 1.54) is 19.2 Å². The second kappa shape index (κ2) is 12.8. The number of halogens is 3. The molecule has 0 amide bonds. The first kappa shape index (κ1) is 31.9. The average Bonchev–Trinajstić information content (AvgIpc) is 3.28. The number of methoxy groups -OCH3 is 1. The fraction of sp³-hybridized carbons (Fsp3) is 0.353. The fourth-order valence-corrected chi connectivity index (χ4v) is 6.13. The molecule has 1 aliphatic rings. The number of aromatic nitrogens is 1. The average molecular weight is 622 g/mol. The smallest absolute Gasteiger partial charge is 0.422 e. The summed E-state index contributed by atoms with van der Waals surface area (Å²) < 4.78 is 58.2. The van der Waals surface area contributed by atoms with Crippen LogP contribution in [0, 0.1) is 18.3 Å². The number of hydrogen-bond acceptors (Lipinski definition) is 6. The molecule has 0 aliphatic carbocycles. The zero-order chi connectivity index (χ0) is 32.4. The number of aliphatic carboxylic acids is 1. The van der Waals surface area contributed by atoms with Crippen molar-refractivity contribution >= 4 is 16.9 Å². The van der Waals surface area contributed by atoms with Crippen LogP contribution in [-0.4, -0.2) is 64.7 Å². The summed E-state index contributed by atoms with van der Waals surface area (Å²) in [5.74, 6) is -0.167. The standard InChI is InChI=1S/C34H34F3N3O5/c1-22-32(27-10-8-25(19-38)16-28(27)40(22)20-23-6-4-3-5-7-23)33(43,34(35,36)37)21-39-14-12-26(13-15-39)45-29-11-9-24(18-31(41)42)17-30(29)44-2/h3-11,16-17,26,43H,12-15,18,20-21H2,1-2H3,(H,41,42). The van der Waals surface area contributed by atoms with E-state index in [1.807, 2.05) is 30.3 Å². The van der Waals surface area contributed by atoms with Gasteiger partial charge in [-0.3, -0.25) is 9.69 Å². The number of likely N-dealkylation sites (tertiary alicyclic amines) is 1. The second-order valence-corrected chi connectivity index (χ2v) is 11.4. The van der Waals surface area contributed by atoms with Crippen LogP contribution in [0.3, 0.4) is 0 Å². The highest BCUT2D eigenvalue weighted by Gasteiger charge is 2.58. The molecule has 4 aromatic rings. The molecule has 2 N–H and O–H groups in total. The number of piperidine rings is 1. The van der Waals surface area contributed by atoms with Crippen molar-refractivity contribution in [2.75, 3.05) is 26.7 Å². The highest BCUT2D eigenvalue weighted by molar-refractivity contribution is 5.88. The molecule has 1 saturated heterocycles. The number of alkyl halides is 3. The highest BCUT2D eigenvalue weighted by atomic mass is 19.4. The number of carboxylic acid groups (broad SMARTS) is 1. The molecule has 236 valence electrons. The van der Waals surface area contributed by atoms with Crippen LogP contribution in [0.1, 0.15) is 40.8 Å². The van der Waals surface area contributed by atoms with Crippen molar-refractivity contribution in [1.29, 1.82) is 5.26 Å². The molecule has 1 aromatic heterocycles. The summed E-state index contributed by atoms with van der Waals surface area (Å²) in [7, 11) is 1.45. The van der Waals surface area contributed by atoms with Crippen molar-refractivity contribution < 1.29 is 37.7 Å². The SMILES string of the molecule is COc1cc(CC(=O)O)ccc1OC1CCN(CC(O)(c2c(C)n(Cc3ccccc3)c3cc(C#N)ccc23)C(F)(F)F)CC1. The Balaban J connectivity index is 1.40. The Bertz CT molecular complexity index is 1720.